The van der Waals surface area contributed by atoms with E-state index in [1.807, 2.05) is 45.0 Å². The van der Waals surface area contributed by atoms with E-state index >= 15 is 0 Å². The Morgan fingerprint density at radius 1 is 1.50 bits per heavy atom. The number of hydrogen-bond acceptors (Lipinski definition) is 3. The van der Waals surface area contributed by atoms with Gasteiger partial charge in [-0.1, -0.05) is 23.7 Å². The second kappa shape index (κ2) is 6.45. The number of halogens is 1. The van der Waals surface area contributed by atoms with Gasteiger partial charge >= 0.3 is 0 Å². The summed E-state index contributed by atoms with van der Waals surface area (Å²) in [5.41, 5.74) is 5.42. The zero-order valence-electron chi connectivity index (χ0n) is 10.9. The maximum Gasteiger partial charge on any atom is 0.233 e. The number of nitrogens with two attached hydrogens (primary N) is 1. The lowest BCUT2D eigenvalue weighted by Crippen LogP contribution is -2.46. The summed E-state index contributed by atoms with van der Waals surface area (Å²) in [5, 5.41) is 3.30. The summed E-state index contributed by atoms with van der Waals surface area (Å²) in [5.74, 6) is -0.0292. The number of carbonyl (C=O) groups is 1. The quantitative estimate of drug-likeness (QED) is 0.818. The van der Waals surface area contributed by atoms with Gasteiger partial charge in [-0.25, -0.2) is 0 Å². The molecule has 5 heteroatoms. The van der Waals surface area contributed by atoms with E-state index in [1.165, 1.54) is 11.8 Å². The van der Waals surface area contributed by atoms with Crippen LogP contribution in [0, 0.1) is 0 Å². The van der Waals surface area contributed by atoms with E-state index in [0.29, 0.717) is 11.6 Å². The molecule has 1 atom stereocenters. The summed E-state index contributed by atoms with van der Waals surface area (Å²) in [6.07, 6.45) is 0. The Morgan fingerprint density at radius 2 is 2.11 bits per heavy atom. The van der Waals surface area contributed by atoms with Crippen LogP contribution in [0.25, 0.3) is 0 Å². The molecule has 0 saturated heterocycles. The summed E-state index contributed by atoms with van der Waals surface area (Å²) < 4.78 is 0. The zero-order valence-corrected chi connectivity index (χ0v) is 12.4. The normalized spacial score (nSPS) is 13.2. The van der Waals surface area contributed by atoms with Gasteiger partial charge in [0.1, 0.15) is 0 Å². The van der Waals surface area contributed by atoms with Crippen LogP contribution < -0.4 is 11.1 Å². The number of rotatable bonds is 5. The van der Waals surface area contributed by atoms with Gasteiger partial charge in [0.15, 0.2) is 0 Å². The summed E-state index contributed by atoms with van der Waals surface area (Å²) in [7, 11) is 0. The van der Waals surface area contributed by atoms with E-state index in [-0.39, 0.29) is 11.2 Å². The predicted octanol–water partition coefficient (Wildman–Crippen LogP) is 2.67. The summed E-state index contributed by atoms with van der Waals surface area (Å²) in [4.78, 5) is 12.8. The molecule has 1 amide bonds. The first kappa shape index (κ1) is 15.3. The van der Waals surface area contributed by atoms with Gasteiger partial charge in [-0.15, -0.1) is 11.8 Å². The van der Waals surface area contributed by atoms with E-state index < -0.39 is 5.54 Å². The minimum atomic E-state index is -0.398. The molecule has 0 aliphatic heterocycles. The van der Waals surface area contributed by atoms with Gasteiger partial charge in [0, 0.05) is 17.0 Å². The van der Waals surface area contributed by atoms with Crippen molar-refractivity contribution in [1.29, 1.82) is 0 Å². The summed E-state index contributed by atoms with van der Waals surface area (Å²) in [6.45, 7) is 6.06. The van der Waals surface area contributed by atoms with Crippen LogP contribution in [0.15, 0.2) is 29.2 Å². The Balaban J connectivity index is 2.53. The molecule has 0 radical (unpaired) electrons. The average Bonchev–Trinajstić information content (AvgIpc) is 2.28. The molecule has 1 rings (SSSR count). The Labute approximate surface area is 117 Å². The van der Waals surface area contributed by atoms with Crippen molar-refractivity contribution in [3.8, 4) is 0 Å². The highest BCUT2D eigenvalue weighted by Crippen LogP contribution is 2.29. The molecule has 0 aromatic heterocycles. The van der Waals surface area contributed by atoms with Gasteiger partial charge in [-0.2, -0.15) is 0 Å². The van der Waals surface area contributed by atoms with Gasteiger partial charge in [0.2, 0.25) is 5.91 Å². The van der Waals surface area contributed by atoms with Crippen molar-refractivity contribution in [3.05, 3.63) is 29.3 Å². The maximum atomic E-state index is 11.9. The first-order valence-corrected chi connectivity index (χ1v) is 7.03. The fourth-order valence-corrected chi connectivity index (χ4v) is 2.42. The first-order valence-electron chi connectivity index (χ1n) is 5.77. The predicted molar refractivity (Wildman–Crippen MR) is 78.0 cm³/mol. The fourth-order valence-electron chi connectivity index (χ4n) is 1.24. The van der Waals surface area contributed by atoms with Crippen molar-refractivity contribution in [2.24, 2.45) is 5.73 Å². The maximum absolute atomic E-state index is 11.9. The van der Waals surface area contributed by atoms with Crippen LogP contribution in [-0.4, -0.2) is 23.2 Å². The molecule has 0 bridgehead atoms. The molecule has 1 aromatic carbocycles. The van der Waals surface area contributed by atoms with Crippen molar-refractivity contribution in [1.82, 2.24) is 5.32 Å². The number of amides is 1. The highest BCUT2D eigenvalue weighted by molar-refractivity contribution is 8.00. The van der Waals surface area contributed by atoms with Crippen LogP contribution in [0.1, 0.15) is 20.8 Å². The van der Waals surface area contributed by atoms with Gasteiger partial charge in [0.25, 0.3) is 0 Å². The molecule has 0 spiro atoms. The molecule has 0 heterocycles. The lowest BCUT2D eigenvalue weighted by Gasteiger charge is -2.20. The average molecular weight is 287 g/mol. The fraction of sp³-hybridized carbons (Fsp3) is 0.462. The van der Waals surface area contributed by atoms with Crippen molar-refractivity contribution in [2.45, 2.75) is 36.5 Å². The third-order valence-electron chi connectivity index (χ3n) is 2.23. The van der Waals surface area contributed by atoms with E-state index in [2.05, 4.69) is 5.32 Å². The Hall–Kier alpha value is -0.710. The van der Waals surface area contributed by atoms with Crippen LogP contribution in [0.4, 0.5) is 0 Å². The Kier molecular flexibility index (Phi) is 5.50. The second-order valence-electron chi connectivity index (χ2n) is 4.90. The molecular formula is C13H19ClN2OS. The van der Waals surface area contributed by atoms with Gasteiger partial charge in [-0.3, -0.25) is 4.79 Å². The Bertz CT molecular complexity index is 418. The molecule has 0 fully saturated rings. The minimum Gasteiger partial charge on any atom is -0.353 e. The van der Waals surface area contributed by atoms with Crippen LogP contribution >= 0.6 is 23.4 Å². The summed E-state index contributed by atoms with van der Waals surface area (Å²) >= 11 is 7.49. The van der Waals surface area contributed by atoms with Crippen molar-refractivity contribution in [2.75, 3.05) is 6.54 Å². The number of benzene rings is 1. The number of hydrogen-bond donors (Lipinski definition) is 2. The third kappa shape index (κ3) is 5.29. The lowest BCUT2D eigenvalue weighted by atomic mass is 10.1. The van der Waals surface area contributed by atoms with Gasteiger partial charge < -0.3 is 11.1 Å². The number of thioether (sulfide) groups is 1. The zero-order chi connectivity index (χ0) is 13.8. The first-order chi connectivity index (χ1) is 8.29. The van der Waals surface area contributed by atoms with Gasteiger partial charge in [-0.05, 0) is 32.9 Å². The highest BCUT2D eigenvalue weighted by atomic mass is 35.5. The lowest BCUT2D eigenvalue weighted by molar-refractivity contribution is -0.120. The second-order valence-corrected chi connectivity index (χ2v) is 6.69. The van der Waals surface area contributed by atoms with Gasteiger partial charge in [0.05, 0.1) is 10.3 Å². The van der Waals surface area contributed by atoms with Crippen LogP contribution in [-0.2, 0) is 4.79 Å². The number of nitrogens with one attached hydrogen (secondary N) is 1. The monoisotopic (exact) mass is 286 g/mol. The van der Waals surface area contributed by atoms with Crippen LogP contribution in [0.2, 0.25) is 5.02 Å². The van der Waals surface area contributed by atoms with Crippen LogP contribution in [0.5, 0.6) is 0 Å². The topological polar surface area (TPSA) is 55.1 Å². The molecule has 100 valence electrons. The smallest absolute Gasteiger partial charge is 0.233 e. The van der Waals surface area contributed by atoms with E-state index in [1.54, 1.807) is 0 Å². The molecule has 0 aliphatic rings. The summed E-state index contributed by atoms with van der Waals surface area (Å²) in [6, 6.07) is 7.50. The van der Waals surface area contributed by atoms with Crippen molar-refractivity contribution < 1.29 is 4.79 Å². The molecule has 18 heavy (non-hydrogen) atoms. The standard InChI is InChI=1S/C13H19ClN2OS/c1-9(12(17)16-8-13(2,3)15)18-11-7-5-4-6-10(11)14/h4-7,9H,8,15H2,1-3H3,(H,16,17). The molecule has 0 saturated carbocycles. The van der Waals surface area contributed by atoms with E-state index in [0.717, 1.165) is 4.90 Å². The van der Waals surface area contributed by atoms with Crippen LogP contribution in [0.3, 0.4) is 0 Å². The van der Waals surface area contributed by atoms with E-state index in [4.69, 9.17) is 17.3 Å². The number of carbonyl (C=O) groups excluding carboxylic acids is 1. The Morgan fingerprint density at radius 3 is 2.67 bits per heavy atom. The minimum absolute atomic E-state index is 0.0292. The molecule has 1 unspecified atom stereocenters. The largest absolute Gasteiger partial charge is 0.353 e. The van der Waals surface area contributed by atoms with Crippen molar-refractivity contribution >= 4 is 29.3 Å². The highest BCUT2D eigenvalue weighted by Gasteiger charge is 2.18. The molecular weight excluding hydrogens is 268 g/mol. The molecule has 0 aliphatic carbocycles. The molecule has 3 nitrogen and oxygen atoms in total. The SMILES string of the molecule is CC(Sc1ccccc1Cl)C(=O)NCC(C)(C)N. The van der Waals surface area contributed by atoms with E-state index in [9.17, 15) is 4.79 Å². The van der Waals surface area contributed by atoms with Crippen molar-refractivity contribution in [3.63, 3.8) is 0 Å². The molecule has 1 aromatic rings. The molecule has 3 N–H and O–H groups in total. The third-order valence-corrected chi connectivity index (χ3v) is 3.85.